The maximum absolute atomic E-state index is 10.1. The van der Waals surface area contributed by atoms with Crippen LogP contribution >= 0.6 is 0 Å². The number of aliphatic hydroxyl groups is 3. The molecule has 0 aromatic carbocycles. The first-order valence-electron chi connectivity index (χ1n) is 9.69. The predicted molar refractivity (Wildman–Crippen MR) is 107 cm³/mol. The SMILES string of the molecule is C=C(C)C/C=C/C1O[C@@](C)(CC(=C)[C@@H](C)C[C@@H](O)C[C@@H](O)CO)C[C@@H]1C. The molecule has 0 aromatic rings. The van der Waals surface area contributed by atoms with Gasteiger partial charge in [0, 0.05) is 6.42 Å². The summed E-state index contributed by atoms with van der Waals surface area (Å²) in [6, 6.07) is 0. The van der Waals surface area contributed by atoms with Crippen molar-refractivity contribution in [2.45, 2.75) is 83.7 Å². The molecule has 1 aliphatic heterocycles. The van der Waals surface area contributed by atoms with E-state index >= 15 is 0 Å². The van der Waals surface area contributed by atoms with E-state index in [1.165, 1.54) is 0 Å². The molecule has 1 heterocycles. The lowest BCUT2D eigenvalue weighted by molar-refractivity contribution is -0.0138. The molecule has 0 radical (unpaired) electrons. The lowest BCUT2D eigenvalue weighted by Crippen LogP contribution is -2.28. The van der Waals surface area contributed by atoms with Crippen LogP contribution < -0.4 is 0 Å². The molecule has 6 atom stereocenters. The van der Waals surface area contributed by atoms with E-state index in [0.717, 1.165) is 30.4 Å². The van der Waals surface area contributed by atoms with E-state index in [9.17, 15) is 10.2 Å². The van der Waals surface area contributed by atoms with Crippen LogP contribution in [0.2, 0.25) is 0 Å². The molecule has 1 fully saturated rings. The van der Waals surface area contributed by atoms with E-state index < -0.39 is 12.2 Å². The third-order valence-electron chi connectivity index (χ3n) is 5.21. The highest BCUT2D eigenvalue weighted by Gasteiger charge is 2.40. The van der Waals surface area contributed by atoms with E-state index in [0.29, 0.717) is 12.3 Å². The predicted octanol–water partition coefficient (Wildman–Crippen LogP) is 3.77. The Morgan fingerprint density at radius 1 is 1.27 bits per heavy atom. The molecule has 4 nitrogen and oxygen atoms in total. The van der Waals surface area contributed by atoms with Crippen molar-refractivity contribution < 1.29 is 20.1 Å². The Kier molecular flexibility index (Phi) is 9.25. The molecule has 0 amide bonds. The van der Waals surface area contributed by atoms with Gasteiger partial charge in [0.25, 0.3) is 0 Å². The number of hydrogen-bond donors (Lipinski definition) is 3. The van der Waals surface area contributed by atoms with Gasteiger partial charge in [-0.25, -0.2) is 0 Å². The molecule has 1 aliphatic rings. The van der Waals surface area contributed by atoms with Gasteiger partial charge in [-0.2, -0.15) is 0 Å². The van der Waals surface area contributed by atoms with Gasteiger partial charge in [-0.05, 0) is 51.4 Å². The van der Waals surface area contributed by atoms with Crippen LogP contribution in [-0.2, 0) is 4.74 Å². The van der Waals surface area contributed by atoms with Crippen LogP contribution in [0.1, 0.15) is 59.8 Å². The Labute approximate surface area is 159 Å². The van der Waals surface area contributed by atoms with Gasteiger partial charge < -0.3 is 20.1 Å². The number of aliphatic hydroxyl groups excluding tert-OH is 3. The number of allylic oxidation sites excluding steroid dienone is 2. The minimum absolute atomic E-state index is 0.118. The molecule has 0 bridgehead atoms. The Hall–Kier alpha value is -0.940. The van der Waals surface area contributed by atoms with Crippen molar-refractivity contribution in [1.29, 1.82) is 0 Å². The Morgan fingerprint density at radius 2 is 1.92 bits per heavy atom. The van der Waals surface area contributed by atoms with Crippen LogP contribution in [0.3, 0.4) is 0 Å². The standard InChI is InChI=1S/C22H38O4/c1-15(2)8-7-9-21-18(5)13-22(6,26-21)12-17(4)16(3)10-19(24)11-20(25)14-23/h7,9,16,18-21,23-25H,1,4,8,10-14H2,2-3,5-6H3/b9-7+/t16-,18-,19+,20+,21?,22-/m0/s1. The molecular formula is C22H38O4. The quantitative estimate of drug-likeness (QED) is 0.487. The van der Waals surface area contributed by atoms with Crippen molar-refractivity contribution in [3.8, 4) is 0 Å². The smallest absolute Gasteiger partial charge is 0.0795 e. The molecule has 4 heteroatoms. The highest BCUT2D eigenvalue weighted by Crippen LogP contribution is 2.40. The number of ether oxygens (including phenoxy) is 1. The molecule has 0 saturated carbocycles. The Morgan fingerprint density at radius 3 is 2.50 bits per heavy atom. The highest BCUT2D eigenvalue weighted by atomic mass is 16.5. The van der Waals surface area contributed by atoms with Crippen molar-refractivity contribution in [2.75, 3.05) is 6.61 Å². The summed E-state index contributed by atoms with van der Waals surface area (Å²) < 4.78 is 6.34. The number of rotatable bonds is 11. The third-order valence-corrected chi connectivity index (χ3v) is 5.21. The van der Waals surface area contributed by atoms with Crippen molar-refractivity contribution in [3.63, 3.8) is 0 Å². The van der Waals surface area contributed by atoms with Gasteiger partial charge in [-0.15, -0.1) is 0 Å². The van der Waals surface area contributed by atoms with Gasteiger partial charge in [-0.1, -0.05) is 50.3 Å². The van der Waals surface area contributed by atoms with Gasteiger partial charge in [-0.3, -0.25) is 0 Å². The van der Waals surface area contributed by atoms with Crippen molar-refractivity contribution >= 4 is 0 Å². The fraction of sp³-hybridized carbons (Fsp3) is 0.727. The second-order valence-electron chi connectivity index (χ2n) is 8.50. The van der Waals surface area contributed by atoms with E-state index in [1.54, 1.807) is 0 Å². The molecule has 0 aromatic heterocycles. The maximum Gasteiger partial charge on any atom is 0.0795 e. The van der Waals surface area contributed by atoms with E-state index in [1.807, 2.05) is 13.8 Å². The summed E-state index contributed by atoms with van der Waals surface area (Å²) in [4.78, 5) is 0. The van der Waals surface area contributed by atoms with Crippen molar-refractivity contribution in [1.82, 2.24) is 0 Å². The van der Waals surface area contributed by atoms with Gasteiger partial charge >= 0.3 is 0 Å². The summed E-state index contributed by atoms with van der Waals surface area (Å²) in [6.07, 6.45) is 6.24. The maximum atomic E-state index is 10.1. The van der Waals surface area contributed by atoms with Gasteiger partial charge in [0.15, 0.2) is 0 Å². The molecular weight excluding hydrogens is 328 g/mol. The lowest BCUT2D eigenvalue weighted by Gasteiger charge is -2.28. The summed E-state index contributed by atoms with van der Waals surface area (Å²) >= 11 is 0. The second kappa shape index (κ2) is 10.4. The van der Waals surface area contributed by atoms with E-state index in [2.05, 4.69) is 39.2 Å². The topological polar surface area (TPSA) is 69.9 Å². The second-order valence-corrected chi connectivity index (χ2v) is 8.50. The summed E-state index contributed by atoms with van der Waals surface area (Å²) in [7, 11) is 0. The normalized spacial score (nSPS) is 29.7. The van der Waals surface area contributed by atoms with Crippen LogP contribution in [0.15, 0.2) is 36.5 Å². The van der Waals surface area contributed by atoms with Crippen LogP contribution in [0, 0.1) is 11.8 Å². The van der Waals surface area contributed by atoms with Crippen LogP contribution in [0.25, 0.3) is 0 Å². The molecule has 3 N–H and O–H groups in total. The van der Waals surface area contributed by atoms with Crippen LogP contribution in [-0.4, -0.2) is 45.8 Å². The average molecular weight is 367 g/mol. The van der Waals surface area contributed by atoms with Gasteiger partial charge in [0.05, 0.1) is 30.5 Å². The minimum Gasteiger partial charge on any atom is -0.394 e. The average Bonchev–Trinajstić information content (AvgIpc) is 2.80. The largest absolute Gasteiger partial charge is 0.394 e. The summed E-state index contributed by atoms with van der Waals surface area (Å²) in [5.41, 5.74) is 1.96. The molecule has 0 aliphatic carbocycles. The zero-order valence-corrected chi connectivity index (χ0v) is 16.9. The molecule has 0 spiro atoms. The fourth-order valence-electron chi connectivity index (χ4n) is 3.75. The first-order chi connectivity index (χ1) is 12.1. The molecule has 1 rings (SSSR count). The Balaban J connectivity index is 2.54. The molecule has 26 heavy (non-hydrogen) atoms. The fourth-order valence-corrected chi connectivity index (χ4v) is 3.75. The minimum atomic E-state index is -0.867. The third kappa shape index (κ3) is 7.75. The summed E-state index contributed by atoms with van der Waals surface area (Å²) in [5.74, 6) is 0.583. The Bertz CT molecular complexity index is 498. The van der Waals surface area contributed by atoms with Gasteiger partial charge in [0.1, 0.15) is 0 Å². The van der Waals surface area contributed by atoms with E-state index in [-0.39, 0.29) is 30.7 Å². The first kappa shape index (κ1) is 23.1. The van der Waals surface area contributed by atoms with E-state index in [4.69, 9.17) is 9.84 Å². The summed E-state index contributed by atoms with van der Waals surface area (Å²) in [5, 5.41) is 28.4. The van der Waals surface area contributed by atoms with Crippen molar-refractivity contribution in [3.05, 3.63) is 36.5 Å². The summed E-state index contributed by atoms with van der Waals surface area (Å²) in [6.45, 7) is 16.2. The molecule has 1 unspecified atom stereocenters. The monoisotopic (exact) mass is 366 g/mol. The number of hydrogen-bond acceptors (Lipinski definition) is 4. The molecule has 150 valence electrons. The van der Waals surface area contributed by atoms with Crippen LogP contribution in [0.5, 0.6) is 0 Å². The first-order valence-corrected chi connectivity index (χ1v) is 9.69. The highest BCUT2D eigenvalue weighted by molar-refractivity contribution is 5.10. The zero-order valence-electron chi connectivity index (χ0n) is 16.9. The van der Waals surface area contributed by atoms with Crippen molar-refractivity contribution in [2.24, 2.45) is 11.8 Å². The van der Waals surface area contributed by atoms with Crippen LogP contribution in [0.4, 0.5) is 0 Å². The van der Waals surface area contributed by atoms with Gasteiger partial charge in [0.2, 0.25) is 0 Å². The molecule has 1 saturated heterocycles. The zero-order chi connectivity index (χ0) is 19.9. The lowest BCUT2D eigenvalue weighted by atomic mass is 9.83.